The SMILES string of the molecule is Cc1ccc(S(=O)(=O)O)cc1.NC(=NCCC[C@H](N)C(=O)OCc1ccccc1)N[N+](=O)[O-]. The van der Waals surface area contributed by atoms with Gasteiger partial charge in [-0.1, -0.05) is 53.5 Å². The minimum absolute atomic E-state index is 0.0666. The molecule has 0 spiro atoms. The summed E-state index contributed by atoms with van der Waals surface area (Å²) in [5, 5.41) is 9.28. The van der Waals surface area contributed by atoms with Gasteiger partial charge in [-0.3, -0.25) is 9.35 Å². The van der Waals surface area contributed by atoms with Gasteiger partial charge in [-0.25, -0.2) is 15.1 Å². The molecule has 2 aromatic rings. The Hall–Kier alpha value is -3.55. The Morgan fingerprint density at radius 2 is 1.82 bits per heavy atom. The van der Waals surface area contributed by atoms with Crippen LogP contribution in [0.2, 0.25) is 0 Å². The zero-order valence-electron chi connectivity index (χ0n) is 18.0. The first-order valence-corrected chi connectivity index (χ1v) is 11.1. The van der Waals surface area contributed by atoms with Crippen molar-refractivity contribution in [3.63, 3.8) is 0 Å². The number of carbonyl (C=O) groups excluding carboxylic acids is 1. The zero-order valence-corrected chi connectivity index (χ0v) is 18.8. The van der Waals surface area contributed by atoms with Crippen molar-refractivity contribution in [3.05, 3.63) is 75.8 Å². The number of aliphatic imine (C=N–C) groups is 1. The second kappa shape index (κ2) is 13.8. The van der Waals surface area contributed by atoms with Crippen LogP contribution in [-0.4, -0.2) is 42.5 Å². The Morgan fingerprint density at radius 3 is 2.36 bits per heavy atom. The Bertz CT molecular complexity index is 1030. The summed E-state index contributed by atoms with van der Waals surface area (Å²) in [6.07, 6.45) is 0.810. The molecule has 6 N–H and O–H groups in total. The van der Waals surface area contributed by atoms with Crippen LogP contribution in [0.25, 0.3) is 0 Å². The number of benzene rings is 2. The molecule has 12 nitrogen and oxygen atoms in total. The number of carbonyl (C=O) groups is 1. The number of esters is 1. The summed E-state index contributed by atoms with van der Waals surface area (Å²) in [5.41, 5.74) is 14.5. The number of nitro groups is 1. The number of ether oxygens (including phenoxy) is 1. The van der Waals surface area contributed by atoms with Crippen molar-refractivity contribution < 1.29 is 27.5 Å². The monoisotopic (exact) mass is 481 g/mol. The van der Waals surface area contributed by atoms with E-state index in [0.717, 1.165) is 11.1 Å². The molecule has 0 saturated carbocycles. The molecule has 0 saturated heterocycles. The molecule has 0 aliphatic carbocycles. The first kappa shape index (κ1) is 27.5. The molecule has 0 aromatic heterocycles. The number of nitrogens with one attached hydrogen (secondary N) is 1. The second-order valence-electron chi connectivity index (χ2n) is 6.77. The van der Waals surface area contributed by atoms with Crippen molar-refractivity contribution in [2.45, 2.75) is 37.3 Å². The summed E-state index contributed by atoms with van der Waals surface area (Å²) < 4.78 is 34.6. The van der Waals surface area contributed by atoms with E-state index in [4.69, 9.17) is 20.8 Å². The van der Waals surface area contributed by atoms with Crippen molar-refractivity contribution in [2.75, 3.05) is 6.54 Å². The molecule has 0 radical (unpaired) electrons. The van der Waals surface area contributed by atoms with Gasteiger partial charge in [0.25, 0.3) is 16.1 Å². The maximum absolute atomic E-state index is 11.7. The molecule has 13 heteroatoms. The molecule has 180 valence electrons. The van der Waals surface area contributed by atoms with Crippen molar-refractivity contribution in [1.29, 1.82) is 0 Å². The van der Waals surface area contributed by atoms with Crippen LogP contribution in [0.3, 0.4) is 0 Å². The van der Waals surface area contributed by atoms with Crippen LogP contribution < -0.4 is 16.9 Å². The number of hydrogen-bond acceptors (Lipinski definition) is 8. The molecule has 2 aromatic carbocycles. The van der Waals surface area contributed by atoms with Crippen LogP contribution in [-0.2, 0) is 26.3 Å². The summed E-state index contributed by atoms with van der Waals surface area (Å²) in [6, 6.07) is 14.5. The lowest BCUT2D eigenvalue weighted by Gasteiger charge is -2.10. The molecule has 1 atom stereocenters. The first-order chi connectivity index (χ1) is 15.5. The molecule has 0 heterocycles. The quantitative estimate of drug-likeness (QED) is 0.0766. The van der Waals surface area contributed by atoms with Crippen molar-refractivity contribution in [2.24, 2.45) is 16.5 Å². The Morgan fingerprint density at radius 1 is 1.21 bits per heavy atom. The number of guanidine groups is 1. The lowest BCUT2D eigenvalue weighted by atomic mass is 10.1. The number of nitrogens with two attached hydrogens (primary N) is 2. The predicted octanol–water partition coefficient (Wildman–Crippen LogP) is 1.18. The van der Waals surface area contributed by atoms with E-state index in [1.807, 2.05) is 37.3 Å². The van der Waals surface area contributed by atoms with Gasteiger partial charge in [0.1, 0.15) is 12.6 Å². The molecule has 0 aliphatic heterocycles. The maximum atomic E-state index is 11.7. The van der Waals surface area contributed by atoms with E-state index < -0.39 is 27.2 Å². The van der Waals surface area contributed by atoms with Crippen molar-refractivity contribution in [3.8, 4) is 0 Å². The van der Waals surface area contributed by atoms with Crippen LogP contribution in [0.15, 0.2) is 64.5 Å². The summed E-state index contributed by atoms with van der Waals surface area (Å²) in [6.45, 7) is 2.24. The first-order valence-electron chi connectivity index (χ1n) is 9.70. The van der Waals surface area contributed by atoms with Crippen molar-refractivity contribution in [1.82, 2.24) is 5.43 Å². The van der Waals surface area contributed by atoms with Gasteiger partial charge in [-0.2, -0.15) is 8.42 Å². The lowest BCUT2D eigenvalue weighted by molar-refractivity contribution is -0.525. The normalized spacial score (nSPS) is 12.2. The van der Waals surface area contributed by atoms with E-state index in [0.29, 0.717) is 12.8 Å². The van der Waals surface area contributed by atoms with Gasteiger partial charge in [0.05, 0.1) is 4.90 Å². The van der Waals surface area contributed by atoms with E-state index >= 15 is 0 Å². The highest BCUT2D eigenvalue weighted by Gasteiger charge is 2.14. The van der Waals surface area contributed by atoms with E-state index in [1.54, 1.807) is 17.6 Å². The number of nitrogens with zero attached hydrogens (tertiary/aromatic N) is 2. The molecule has 33 heavy (non-hydrogen) atoms. The Balaban J connectivity index is 0.000000412. The fraction of sp³-hybridized carbons (Fsp3) is 0.300. The number of hydrazine groups is 1. The Labute approximate surface area is 191 Å². The highest BCUT2D eigenvalue weighted by molar-refractivity contribution is 7.85. The summed E-state index contributed by atoms with van der Waals surface area (Å²) in [4.78, 5) is 25.4. The third-order valence-electron chi connectivity index (χ3n) is 4.01. The second-order valence-corrected chi connectivity index (χ2v) is 8.19. The number of rotatable bonds is 9. The van der Waals surface area contributed by atoms with Crippen LogP contribution in [0.4, 0.5) is 0 Å². The fourth-order valence-corrected chi connectivity index (χ4v) is 2.78. The zero-order chi connectivity index (χ0) is 24.9. The number of hydrogen-bond donors (Lipinski definition) is 4. The molecule has 0 aliphatic rings. The highest BCUT2D eigenvalue weighted by Crippen LogP contribution is 2.08. The van der Waals surface area contributed by atoms with Gasteiger partial charge in [0, 0.05) is 6.54 Å². The third kappa shape index (κ3) is 12.2. The fourth-order valence-electron chi connectivity index (χ4n) is 2.30. The molecule has 0 bridgehead atoms. The van der Waals surface area contributed by atoms with Gasteiger partial charge < -0.3 is 16.2 Å². The van der Waals surface area contributed by atoms with Crippen LogP contribution >= 0.6 is 0 Å². The van der Waals surface area contributed by atoms with E-state index in [1.165, 1.54) is 12.1 Å². The third-order valence-corrected chi connectivity index (χ3v) is 4.87. The average Bonchev–Trinajstić information content (AvgIpc) is 2.75. The topological polar surface area (TPSA) is 200 Å². The Kier molecular flexibility index (Phi) is 11.5. The summed E-state index contributed by atoms with van der Waals surface area (Å²) in [7, 11) is -4.02. The standard InChI is InChI=1S/C13H19N5O4.C7H8O3S/c14-11(7-4-8-16-13(15)17-18(20)21)12(19)22-9-10-5-2-1-3-6-10;1-6-2-4-7(5-3-6)11(8,9)10/h1-3,5-6,11H,4,7-9,14H2,(H3,15,16,17);2-5H,1H3,(H,8,9,10)/t11-;/m0./s1. The minimum Gasteiger partial charge on any atom is -0.460 e. The smallest absolute Gasteiger partial charge is 0.323 e. The van der Waals surface area contributed by atoms with Gasteiger partial charge >= 0.3 is 5.97 Å². The number of aryl methyl sites for hydroxylation is 1. The molecule has 0 fully saturated rings. The van der Waals surface area contributed by atoms with E-state index in [2.05, 4.69) is 4.99 Å². The van der Waals surface area contributed by atoms with E-state index in [9.17, 15) is 23.3 Å². The average molecular weight is 482 g/mol. The minimum atomic E-state index is -4.02. The predicted molar refractivity (Wildman–Crippen MR) is 121 cm³/mol. The summed E-state index contributed by atoms with van der Waals surface area (Å²) in [5.74, 6) is -0.783. The van der Waals surface area contributed by atoms with E-state index in [-0.39, 0.29) is 24.0 Å². The molecule has 2 rings (SSSR count). The molecule has 0 amide bonds. The summed E-state index contributed by atoms with van der Waals surface area (Å²) >= 11 is 0. The van der Waals surface area contributed by atoms with Gasteiger partial charge in [0.15, 0.2) is 5.03 Å². The molecular formula is C20H27N5O7S. The molecular weight excluding hydrogens is 454 g/mol. The van der Waals surface area contributed by atoms with Gasteiger partial charge in [0.2, 0.25) is 0 Å². The van der Waals surface area contributed by atoms with Gasteiger partial charge in [-0.05, 0) is 37.5 Å². The largest absolute Gasteiger partial charge is 0.460 e. The van der Waals surface area contributed by atoms with Gasteiger partial charge in [-0.15, -0.1) is 0 Å². The molecule has 0 unspecified atom stereocenters. The highest BCUT2D eigenvalue weighted by atomic mass is 32.2. The maximum Gasteiger partial charge on any atom is 0.323 e. The lowest BCUT2D eigenvalue weighted by Crippen LogP contribution is -2.36. The van der Waals surface area contributed by atoms with Crippen molar-refractivity contribution >= 4 is 22.0 Å². The van der Waals surface area contributed by atoms with Crippen LogP contribution in [0.5, 0.6) is 0 Å². The van der Waals surface area contributed by atoms with Crippen LogP contribution in [0, 0.1) is 17.0 Å². The van der Waals surface area contributed by atoms with Crippen LogP contribution in [0.1, 0.15) is 24.0 Å².